The molecule has 156 valence electrons. The number of rotatable bonds is 6. The Bertz CT molecular complexity index is 1190. The number of amides is 1. The van der Waals surface area contributed by atoms with Crippen LogP contribution >= 0.6 is 11.6 Å². The van der Waals surface area contributed by atoms with E-state index in [0.29, 0.717) is 12.2 Å². The molecule has 0 saturated heterocycles. The first kappa shape index (κ1) is 21.9. The van der Waals surface area contributed by atoms with E-state index in [0.717, 1.165) is 22.3 Å². The minimum absolute atomic E-state index is 0.0443. The molecule has 0 saturated carbocycles. The second kappa shape index (κ2) is 8.90. The highest BCUT2D eigenvalue weighted by atomic mass is 35.5. The maximum Gasteiger partial charge on any atom is 0.263 e. The lowest BCUT2D eigenvalue weighted by Gasteiger charge is -2.13. The summed E-state index contributed by atoms with van der Waals surface area (Å²) < 4.78 is 28.5. The third kappa shape index (κ3) is 5.20. The highest BCUT2D eigenvalue weighted by Gasteiger charge is 2.21. The van der Waals surface area contributed by atoms with Crippen molar-refractivity contribution in [3.8, 4) is 0 Å². The molecule has 3 aromatic rings. The number of hydrogen-bond acceptors (Lipinski definition) is 3. The van der Waals surface area contributed by atoms with Crippen LogP contribution in [-0.2, 0) is 16.6 Å². The quantitative estimate of drug-likeness (QED) is 0.564. The molecular formula is C23H23ClN2O3S. The number of nitrogens with one attached hydrogen (secondary N) is 2. The Morgan fingerprint density at radius 1 is 0.900 bits per heavy atom. The lowest BCUT2D eigenvalue weighted by Crippen LogP contribution is -2.23. The number of anilines is 1. The molecule has 0 spiro atoms. The summed E-state index contributed by atoms with van der Waals surface area (Å²) >= 11 is 6.16. The lowest BCUT2D eigenvalue weighted by atomic mass is 10.1. The maximum atomic E-state index is 12.9. The second-order valence-electron chi connectivity index (χ2n) is 7.24. The van der Waals surface area contributed by atoms with Crippen LogP contribution in [0.3, 0.4) is 0 Å². The van der Waals surface area contributed by atoms with Gasteiger partial charge in [0.15, 0.2) is 0 Å². The standard InChI is InChI=1S/C23H23ClN2O3S/c1-15-5-8-18(9-6-15)14-25-23(27)19-10-11-20(24)22(13-19)30(28,29)26-21-12-16(2)4-7-17(21)3/h4-13,26H,14H2,1-3H3,(H,25,27). The molecular weight excluding hydrogens is 420 g/mol. The third-order valence-corrected chi connectivity index (χ3v) is 6.54. The molecule has 3 rings (SSSR count). The third-order valence-electron chi connectivity index (χ3n) is 4.69. The predicted molar refractivity (Wildman–Crippen MR) is 121 cm³/mol. The van der Waals surface area contributed by atoms with Crippen molar-refractivity contribution in [2.45, 2.75) is 32.2 Å². The van der Waals surface area contributed by atoms with Crippen LogP contribution in [0, 0.1) is 20.8 Å². The number of carbonyl (C=O) groups is 1. The van der Waals surface area contributed by atoms with Gasteiger partial charge >= 0.3 is 0 Å². The van der Waals surface area contributed by atoms with Crippen LogP contribution in [0.2, 0.25) is 5.02 Å². The van der Waals surface area contributed by atoms with Gasteiger partial charge < -0.3 is 5.32 Å². The molecule has 5 nitrogen and oxygen atoms in total. The van der Waals surface area contributed by atoms with E-state index in [-0.39, 0.29) is 21.4 Å². The van der Waals surface area contributed by atoms with E-state index in [2.05, 4.69) is 10.0 Å². The van der Waals surface area contributed by atoms with Gasteiger partial charge in [-0.15, -0.1) is 0 Å². The van der Waals surface area contributed by atoms with Crippen LogP contribution < -0.4 is 10.0 Å². The van der Waals surface area contributed by atoms with Crippen LogP contribution in [0.4, 0.5) is 5.69 Å². The predicted octanol–water partition coefficient (Wildman–Crippen LogP) is 5.00. The minimum atomic E-state index is -3.97. The summed E-state index contributed by atoms with van der Waals surface area (Å²) in [5, 5.41) is 2.85. The molecule has 0 aromatic heterocycles. The van der Waals surface area contributed by atoms with Gasteiger partial charge in [0.2, 0.25) is 0 Å². The van der Waals surface area contributed by atoms with Crippen molar-refractivity contribution in [3.05, 3.63) is 93.5 Å². The van der Waals surface area contributed by atoms with Crippen LogP contribution in [-0.4, -0.2) is 14.3 Å². The van der Waals surface area contributed by atoms with Gasteiger partial charge in [0.05, 0.1) is 10.7 Å². The van der Waals surface area contributed by atoms with Crippen molar-refractivity contribution in [2.75, 3.05) is 4.72 Å². The number of carbonyl (C=O) groups excluding carboxylic acids is 1. The van der Waals surface area contributed by atoms with E-state index in [1.807, 2.05) is 57.2 Å². The zero-order valence-electron chi connectivity index (χ0n) is 17.0. The number of sulfonamides is 1. The number of hydrogen-bond donors (Lipinski definition) is 2. The first-order valence-corrected chi connectivity index (χ1v) is 11.3. The molecule has 30 heavy (non-hydrogen) atoms. The summed E-state index contributed by atoms with van der Waals surface area (Å²) in [6, 6.07) is 17.5. The molecule has 0 bridgehead atoms. The van der Waals surface area contributed by atoms with E-state index in [9.17, 15) is 13.2 Å². The molecule has 3 aromatic carbocycles. The molecule has 0 heterocycles. The van der Waals surface area contributed by atoms with Gasteiger partial charge in [-0.2, -0.15) is 0 Å². The molecule has 0 aliphatic carbocycles. The average Bonchev–Trinajstić information content (AvgIpc) is 2.70. The summed E-state index contributed by atoms with van der Waals surface area (Å²) in [7, 11) is -3.97. The lowest BCUT2D eigenvalue weighted by molar-refractivity contribution is 0.0950. The van der Waals surface area contributed by atoms with Crippen LogP contribution in [0.15, 0.2) is 65.6 Å². The van der Waals surface area contributed by atoms with Crippen molar-refractivity contribution in [3.63, 3.8) is 0 Å². The Balaban J connectivity index is 1.82. The zero-order valence-corrected chi connectivity index (χ0v) is 18.6. The van der Waals surface area contributed by atoms with Gasteiger partial charge in [-0.1, -0.05) is 53.6 Å². The topological polar surface area (TPSA) is 75.3 Å². The van der Waals surface area contributed by atoms with E-state index in [1.54, 1.807) is 6.07 Å². The van der Waals surface area contributed by atoms with Gasteiger partial charge in [0.25, 0.3) is 15.9 Å². The van der Waals surface area contributed by atoms with E-state index < -0.39 is 10.0 Å². The van der Waals surface area contributed by atoms with Crippen molar-refractivity contribution in [1.29, 1.82) is 0 Å². The molecule has 0 radical (unpaired) electrons. The van der Waals surface area contributed by atoms with Gasteiger partial charge in [0, 0.05) is 12.1 Å². The summed E-state index contributed by atoms with van der Waals surface area (Å²) in [4.78, 5) is 12.4. The minimum Gasteiger partial charge on any atom is -0.348 e. The van der Waals surface area contributed by atoms with Gasteiger partial charge in [0.1, 0.15) is 4.90 Å². The summed E-state index contributed by atoms with van der Waals surface area (Å²) in [6.45, 7) is 6.02. The summed E-state index contributed by atoms with van der Waals surface area (Å²) in [5.74, 6) is -0.379. The van der Waals surface area contributed by atoms with Gasteiger partial charge in [-0.25, -0.2) is 8.42 Å². The van der Waals surface area contributed by atoms with Crippen LogP contribution in [0.25, 0.3) is 0 Å². The van der Waals surface area contributed by atoms with E-state index in [4.69, 9.17) is 11.6 Å². The second-order valence-corrected chi connectivity index (χ2v) is 9.30. The highest BCUT2D eigenvalue weighted by molar-refractivity contribution is 7.92. The van der Waals surface area contributed by atoms with Crippen LogP contribution in [0.5, 0.6) is 0 Å². The monoisotopic (exact) mass is 442 g/mol. The Labute approximate surface area is 182 Å². The molecule has 0 fully saturated rings. The Kier molecular flexibility index (Phi) is 6.48. The SMILES string of the molecule is Cc1ccc(CNC(=O)c2ccc(Cl)c(S(=O)(=O)Nc3cc(C)ccc3C)c2)cc1. The highest BCUT2D eigenvalue weighted by Crippen LogP contribution is 2.27. The van der Waals surface area contributed by atoms with Crippen molar-refractivity contribution >= 4 is 33.2 Å². The normalized spacial score (nSPS) is 11.2. The van der Waals surface area contributed by atoms with Crippen molar-refractivity contribution in [2.24, 2.45) is 0 Å². The molecule has 2 N–H and O–H groups in total. The maximum absolute atomic E-state index is 12.9. The average molecular weight is 443 g/mol. The van der Waals surface area contributed by atoms with E-state index in [1.165, 1.54) is 18.2 Å². The fraction of sp³-hybridized carbons (Fsp3) is 0.174. The molecule has 0 aliphatic heterocycles. The number of aryl methyl sites for hydroxylation is 3. The fourth-order valence-electron chi connectivity index (χ4n) is 2.89. The molecule has 0 atom stereocenters. The molecule has 0 unspecified atom stereocenters. The Hall–Kier alpha value is -2.83. The number of halogens is 1. The smallest absolute Gasteiger partial charge is 0.263 e. The largest absolute Gasteiger partial charge is 0.348 e. The Morgan fingerprint density at radius 2 is 1.57 bits per heavy atom. The number of benzene rings is 3. The zero-order chi connectivity index (χ0) is 21.9. The molecule has 1 amide bonds. The van der Waals surface area contributed by atoms with Crippen molar-refractivity contribution < 1.29 is 13.2 Å². The van der Waals surface area contributed by atoms with Crippen molar-refractivity contribution in [1.82, 2.24) is 5.32 Å². The van der Waals surface area contributed by atoms with Gasteiger partial charge in [-0.05, 0) is 61.7 Å². The van der Waals surface area contributed by atoms with Gasteiger partial charge in [-0.3, -0.25) is 9.52 Å². The fourth-order valence-corrected chi connectivity index (χ4v) is 4.53. The Morgan fingerprint density at radius 3 is 2.27 bits per heavy atom. The van der Waals surface area contributed by atoms with E-state index >= 15 is 0 Å². The molecule has 0 aliphatic rings. The first-order valence-electron chi connectivity index (χ1n) is 9.39. The molecule has 7 heteroatoms. The summed E-state index contributed by atoms with van der Waals surface area (Å²) in [5.41, 5.74) is 4.48. The van der Waals surface area contributed by atoms with Crippen LogP contribution in [0.1, 0.15) is 32.6 Å². The first-order chi connectivity index (χ1) is 14.2. The summed E-state index contributed by atoms with van der Waals surface area (Å²) in [6.07, 6.45) is 0.